The van der Waals surface area contributed by atoms with E-state index in [1.165, 1.54) is 6.92 Å². The normalized spacial score (nSPS) is 10.9. The summed E-state index contributed by atoms with van der Waals surface area (Å²) in [5.74, 6) is -0.194. The Morgan fingerprint density at radius 1 is 1.13 bits per heavy atom. The van der Waals surface area contributed by atoms with Gasteiger partial charge in [0.05, 0.1) is 11.1 Å². The standard InChI is InChI=1S/C19H18N2O2/c1-3-10-21-12-17(13(2)22)19(23)16-5-4-15(11-18(16)21)14-6-8-20-9-7-14/h4-9,11-12H,3,10H2,1-2H3. The van der Waals surface area contributed by atoms with Gasteiger partial charge < -0.3 is 4.57 Å². The summed E-state index contributed by atoms with van der Waals surface area (Å²) >= 11 is 0. The van der Waals surface area contributed by atoms with E-state index in [1.807, 2.05) is 34.9 Å². The summed E-state index contributed by atoms with van der Waals surface area (Å²) in [5.41, 5.74) is 2.99. The van der Waals surface area contributed by atoms with Gasteiger partial charge in [-0.05, 0) is 48.7 Å². The quantitative estimate of drug-likeness (QED) is 0.691. The van der Waals surface area contributed by atoms with Crippen LogP contribution in [0.1, 0.15) is 30.6 Å². The van der Waals surface area contributed by atoms with E-state index in [-0.39, 0.29) is 16.8 Å². The Morgan fingerprint density at radius 2 is 1.87 bits per heavy atom. The average Bonchev–Trinajstić information content (AvgIpc) is 2.57. The molecule has 4 heteroatoms. The van der Waals surface area contributed by atoms with Crippen LogP contribution in [0.25, 0.3) is 22.0 Å². The number of ketones is 1. The molecule has 0 aliphatic rings. The Kier molecular flexibility index (Phi) is 4.06. The van der Waals surface area contributed by atoms with Crippen LogP contribution in [0.3, 0.4) is 0 Å². The van der Waals surface area contributed by atoms with Crippen LogP contribution < -0.4 is 5.43 Å². The van der Waals surface area contributed by atoms with Gasteiger partial charge in [0.15, 0.2) is 11.2 Å². The van der Waals surface area contributed by atoms with E-state index in [9.17, 15) is 9.59 Å². The van der Waals surface area contributed by atoms with Crippen molar-refractivity contribution >= 4 is 16.7 Å². The lowest BCUT2D eigenvalue weighted by Crippen LogP contribution is -2.17. The molecular formula is C19H18N2O2. The third-order valence-corrected chi connectivity index (χ3v) is 3.94. The molecule has 2 aromatic heterocycles. The minimum Gasteiger partial charge on any atom is -0.347 e. The predicted octanol–water partition coefficient (Wildman–Crippen LogP) is 3.68. The fraction of sp³-hybridized carbons (Fsp3) is 0.211. The highest BCUT2D eigenvalue weighted by Crippen LogP contribution is 2.23. The summed E-state index contributed by atoms with van der Waals surface area (Å²) in [5, 5.41) is 0.587. The van der Waals surface area contributed by atoms with E-state index >= 15 is 0 Å². The molecule has 0 saturated heterocycles. The zero-order valence-electron chi connectivity index (χ0n) is 13.2. The van der Waals surface area contributed by atoms with Gasteiger partial charge in [0, 0.05) is 30.5 Å². The Hall–Kier alpha value is -2.75. The van der Waals surface area contributed by atoms with Crippen LogP contribution in [0.2, 0.25) is 0 Å². The van der Waals surface area contributed by atoms with E-state index in [1.54, 1.807) is 18.6 Å². The van der Waals surface area contributed by atoms with Crippen molar-refractivity contribution in [1.82, 2.24) is 9.55 Å². The topological polar surface area (TPSA) is 52.0 Å². The number of rotatable bonds is 4. The summed E-state index contributed by atoms with van der Waals surface area (Å²) in [6.45, 7) is 4.27. The molecule has 2 heterocycles. The van der Waals surface area contributed by atoms with Crippen molar-refractivity contribution in [2.45, 2.75) is 26.8 Å². The van der Waals surface area contributed by atoms with Crippen molar-refractivity contribution in [2.75, 3.05) is 0 Å². The monoisotopic (exact) mass is 306 g/mol. The first-order valence-corrected chi connectivity index (χ1v) is 7.70. The Bertz CT molecular complexity index is 927. The molecule has 0 aliphatic heterocycles. The lowest BCUT2D eigenvalue weighted by molar-refractivity contribution is 0.101. The number of hydrogen-bond donors (Lipinski definition) is 0. The van der Waals surface area contributed by atoms with Gasteiger partial charge in [0.2, 0.25) is 0 Å². The lowest BCUT2D eigenvalue weighted by Gasteiger charge is -2.13. The van der Waals surface area contributed by atoms with Crippen molar-refractivity contribution in [3.05, 3.63) is 64.7 Å². The van der Waals surface area contributed by atoms with Crippen molar-refractivity contribution in [2.24, 2.45) is 0 Å². The highest BCUT2D eigenvalue weighted by molar-refractivity contribution is 5.97. The van der Waals surface area contributed by atoms with E-state index in [2.05, 4.69) is 11.9 Å². The molecule has 23 heavy (non-hydrogen) atoms. The largest absolute Gasteiger partial charge is 0.347 e. The summed E-state index contributed by atoms with van der Waals surface area (Å²) < 4.78 is 2.00. The van der Waals surface area contributed by atoms with Crippen LogP contribution in [0.4, 0.5) is 0 Å². The maximum Gasteiger partial charge on any atom is 0.200 e. The number of nitrogens with zero attached hydrogens (tertiary/aromatic N) is 2. The van der Waals surface area contributed by atoms with E-state index < -0.39 is 0 Å². The number of fused-ring (bicyclic) bond motifs is 1. The number of pyridine rings is 2. The van der Waals surface area contributed by atoms with Crippen LogP contribution in [-0.4, -0.2) is 15.3 Å². The van der Waals surface area contributed by atoms with Crippen LogP contribution >= 0.6 is 0 Å². The van der Waals surface area contributed by atoms with E-state index in [0.29, 0.717) is 5.39 Å². The highest BCUT2D eigenvalue weighted by atomic mass is 16.1. The van der Waals surface area contributed by atoms with Gasteiger partial charge in [-0.1, -0.05) is 13.0 Å². The summed E-state index contributed by atoms with van der Waals surface area (Å²) in [4.78, 5) is 28.3. The number of carbonyl (C=O) groups is 1. The molecule has 0 unspecified atom stereocenters. The van der Waals surface area contributed by atoms with Crippen molar-refractivity contribution in [3.8, 4) is 11.1 Å². The first kappa shape index (κ1) is 15.2. The second kappa shape index (κ2) is 6.16. The Morgan fingerprint density at radius 3 is 2.52 bits per heavy atom. The van der Waals surface area contributed by atoms with Gasteiger partial charge in [-0.3, -0.25) is 14.6 Å². The SMILES string of the molecule is CCCn1cc(C(C)=O)c(=O)c2ccc(-c3ccncc3)cc21. The number of aromatic nitrogens is 2. The third kappa shape index (κ3) is 2.80. The Balaban J connectivity index is 2.30. The second-order valence-corrected chi connectivity index (χ2v) is 5.59. The summed E-state index contributed by atoms with van der Waals surface area (Å²) in [6.07, 6.45) is 6.11. The van der Waals surface area contributed by atoms with Crippen LogP contribution in [-0.2, 0) is 6.54 Å². The molecule has 0 saturated carbocycles. The lowest BCUT2D eigenvalue weighted by atomic mass is 10.0. The minimum atomic E-state index is -0.194. The number of Topliss-reactive ketones (excluding diaryl/α,β-unsaturated/α-hetero) is 1. The third-order valence-electron chi connectivity index (χ3n) is 3.94. The van der Waals surface area contributed by atoms with Gasteiger partial charge in [0.25, 0.3) is 0 Å². The molecule has 0 fully saturated rings. The molecule has 3 aromatic rings. The number of benzene rings is 1. The maximum atomic E-state index is 12.5. The molecule has 116 valence electrons. The fourth-order valence-corrected chi connectivity index (χ4v) is 2.79. The van der Waals surface area contributed by atoms with Crippen LogP contribution in [0.15, 0.2) is 53.7 Å². The van der Waals surface area contributed by atoms with Gasteiger partial charge in [-0.15, -0.1) is 0 Å². The van der Waals surface area contributed by atoms with Crippen molar-refractivity contribution in [3.63, 3.8) is 0 Å². The van der Waals surface area contributed by atoms with Gasteiger partial charge in [0.1, 0.15) is 0 Å². The van der Waals surface area contributed by atoms with E-state index in [4.69, 9.17) is 0 Å². The average molecular weight is 306 g/mol. The first-order valence-electron chi connectivity index (χ1n) is 7.70. The van der Waals surface area contributed by atoms with Gasteiger partial charge >= 0.3 is 0 Å². The maximum absolute atomic E-state index is 12.5. The fourth-order valence-electron chi connectivity index (χ4n) is 2.79. The predicted molar refractivity (Wildman–Crippen MR) is 91.7 cm³/mol. The summed E-state index contributed by atoms with van der Waals surface area (Å²) in [6, 6.07) is 9.61. The molecule has 1 aromatic carbocycles. The molecule has 0 atom stereocenters. The molecule has 0 N–H and O–H groups in total. The minimum absolute atomic E-state index is 0.193. The number of hydrogen-bond acceptors (Lipinski definition) is 3. The molecule has 0 aliphatic carbocycles. The molecule has 0 bridgehead atoms. The van der Waals surface area contributed by atoms with Crippen molar-refractivity contribution in [1.29, 1.82) is 0 Å². The molecule has 0 radical (unpaired) electrons. The smallest absolute Gasteiger partial charge is 0.200 e. The molecule has 4 nitrogen and oxygen atoms in total. The number of carbonyl (C=O) groups excluding carboxylic acids is 1. The molecule has 0 spiro atoms. The van der Waals surface area contributed by atoms with Gasteiger partial charge in [-0.2, -0.15) is 0 Å². The second-order valence-electron chi connectivity index (χ2n) is 5.59. The van der Waals surface area contributed by atoms with Crippen LogP contribution in [0, 0.1) is 0 Å². The zero-order chi connectivity index (χ0) is 16.4. The zero-order valence-corrected chi connectivity index (χ0v) is 13.2. The molecular weight excluding hydrogens is 288 g/mol. The first-order chi connectivity index (χ1) is 11.1. The van der Waals surface area contributed by atoms with Crippen LogP contribution in [0.5, 0.6) is 0 Å². The Labute approximate surface area is 134 Å². The van der Waals surface area contributed by atoms with Crippen molar-refractivity contribution < 1.29 is 4.79 Å². The molecule has 3 rings (SSSR count). The highest BCUT2D eigenvalue weighted by Gasteiger charge is 2.13. The van der Waals surface area contributed by atoms with E-state index in [0.717, 1.165) is 29.6 Å². The van der Waals surface area contributed by atoms with Gasteiger partial charge in [-0.25, -0.2) is 0 Å². The molecule has 0 amide bonds. The number of aryl methyl sites for hydroxylation is 1. The summed E-state index contributed by atoms with van der Waals surface area (Å²) in [7, 11) is 0.